The molecule has 0 bridgehead atoms. The molecule has 7 heteroatoms. The Morgan fingerprint density at radius 2 is 1.80 bits per heavy atom. The second-order valence-electron chi connectivity index (χ2n) is 3.98. The molecule has 0 radical (unpaired) electrons. The van der Waals surface area contributed by atoms with E-state index in [1.807, 2.05) is 30.3 Å². The number of ether oxygens (including phenoxy) is 1. The van der Waals surface area contributed by atoms with Crippen molar-refractivity contribution in [3.05, 3.63) is 35.9 Å². The van der Waals surface area contributed by atoms with E-state index in [1.54, 1.807) is 0 Å². The largest absolute Gasteiger partial charge is 0.445 e. The average Bonchev–Trinajstić information content (AvgIpc) is 2.44. The Hall–Kier alpha value is -2.57. The zero-order valence-corrected chi connectivity index (χ0v) is 10.9. The van der Waals surface area contributed by atoms with Crippen LogP contribution in [0.1, 0.15) is 12.0 Å². The molecule has 0 saturated carbocycles. The summed E-state index contributed by atoms with van der Waals surface area (Å²) in [6.45, 7) is 0.0794. The average molecular weight is 279 g/mol. The number of alkyl carbamates (subject to hydrolysis) is 1. The van der Waals surface area contributed by atoms with Gasteiger partial charge in [0.2, 0.25) is 11.8 Å². The minimum absolute atomic E-state index is 0.0493. The van der Waals surface area contributed by atoms with Crippen molar-refractivity contribution in [3.8, 4) is 0 Å². The van der Waals surface area contributed by atoms with Crippen LogP contribution in [0.3, 0.4) is 0 Å². The quantitative estimate of drug-likeness (QED) is 0.647. The summed E-state index contributed by atoms with van der Waals surface area (Å²) in [7, 11) is 0. The van der Waals surface area contributed by atoms with Crippen molar-refractivity contribution in [2.75, 3.05) is 13.1 Å². The van der Waals surface area contributed by atoms with Gasteiger partial charge in [0.1, 0.15) is 6.61 Å². The monoisotopic (exact) mass is 279 g/mol. The Bertz CT molecular complexity index is 462. The SMILES string of the molecule is NC(=O)CNC(=O)CCNC(=O)OCc1ccccc1. The van der Waals surface area contributed by atoms with Crippen LogP contribution >= 0.6 is 0 Å². The second-order valence-corrected chi connectivity index (χ2v) is 3.98. The molecule has 0 aliphatic heterocycles. The summed E-state index contributed by atoms with van der Waals surface area (Å²) in [5.74, 6) is -0.985. The van der Waals surface area contributed by atoms with E-state index >= 15 is 0 Å². The minimum atomic E-state index is -0.617. The zero-order chi connectivity index (χ0) is 14.8. The number of nitrogens with one attached hydrogen (secondary N) is 2. The first-order valence-corrected chi connectivity index (χ1v) is 6.07. The Balaban J connectivity index is 2.11. The number of hydrogen-bond donors (Lipinski definition) is 3. The van der Waals surface area contributed by atoms with Gasteiger partial charge >= 0.3 is 6.09 Å². The molecule has 0 atom stereocenters. The van der Waals surface area contributed by atoms with Gasteiger partial charge in [-0.15, -0.1) is 0 Å². The van der Waals surface area contributed by atoms with Crippen LogP contribution in [0.4, 0.5) is 4.79 Å². The Labute approximate surface area is 116 Å². The molecule has 108 valence electrons. The molecule has 0 fully saturated rings. The van der Waals surface area contributed by atoms with Crippen LogP contribution in [0.2, 0.25) is 0 Å². The van der Waals surface area contributed by atoms with Crippen molar-refractivity contribution in [2.24, 2.45) is 5.73 Å². The van der Waals surface area contributed by atoms with E-state index in [4.69, 9.17) is 10.5 Å². The fourth-order valence-electron chi connectivity index (χ4n) is 1.33. The topological polar surface area (TPSA) is 111 Å². The lowest BCUT2D eigenvalue weighted by Gasteiger charge is -2.07. The maximum absolute atomic E-state index is 11.3. The predicted octanol–water partition coefficient (Wildman–Crippen LogP) is -0.0956. The van der Waals surface area contributed by atoms with Crippen molar-refractivity contribution in [1.29, 1.82) is 0 Å². The molecule has 3 amide bonds. The van der Waals surface area contributed by atoms with E-state index in [0.717, 1.165) is 5.56 Å². The van der Waals surface area contributed by atoms with E-state index in [1.165, 1.54) is 0 Å². The van der Waals surface area contributed by atoms with Gasteiger partial charge < -0.3 is 21.1 Å². The normalized spacial score (nSPS) is 9.60. The smallest absolute Gasteiger partial charge is 0.407 e. The number of carbonyl (C=O) groups excluding carboxylic acids is 3. The molecule has 0 aromatic heterocycles. The molecular formula is C13H17N3O4. The summed E-state index contributed by atoms with van der Waals surface area (Å²) in [5.41, 5.74) is 5.75. The molecule has 0 heterocycles. The molecule has 0 spiro atoms. The molecule has 0 aliphatic rings. The third-order valence-corrected chi connectivity index (χ3v) is 2.29. The summed E-state index contributed by atoms with van der Waals surface area (Å²) in [6.07, 6.45) is -0.551. The van der Waals surface area contributed by atoms with Crippen molar-refractivity contribution in [1.82, 2.24) is 10.6 Å². The number of amides is 3. The predicted molar refractivity (Wildman–Crippen MR) is 71.5 cm³/mol. The Kier molecular flexibility index (Phi) is 6.60. The highest BCUT2D eigenvalue weighted by Gasteiger charge is 2.05. The molecule has 1 rings (SSSR count). The van der Waals surface area contributed by atoms with Crippen molar-refractivity contribution in [3.63, 3.8) is 0 Å². The van der Waals surface area contributed by atoms with Gasteiger partial charge in [-0.05, 0) is 5.56 Å². The minimum Gasteiger partial charge on any atom is -0.445 e. The first-order chi connectivity index (χ1) is 9.58. The van der Waals surface area contributed by atoms with E-state index < -0.39 is 12.0 Å². The van der Waals surface area contributed by atoms with Crippen LogP contribution in [0.15, 0.2) is 30.3 Å². The van der Waals surface area contributed by atoms with E-state index in [0.29, 0.717) is 0 Å². The van der Waals surface area contributed by atoms with Crippen LogP contribution in [-0.2, 0) is 20.9 Å². The first kappa shape index (κ1) is 15.5. The lowest BCUT2D eigenvalue weighted by molar-refractivity contribution is -0.124. The molecule has 4 N–H and O–H groups in total. The van der Waals surface area contributed by atoms with Crippen LogP contribution < -0.4 is 16.4 Å². The molecule has 0 unspecified atom stereocenters. The van der Waals surface area contributed by atoms with Crippen LogP contribution in [0.5, 0.6) is 0 Å². The van der Waals surface area contributed by atoms with Crippen LogP contribution in [0.25, 0.3) is 0 Å². The lowest BCUT2D eigenvalue weighted by Crippen LogP contribution is -2.35. The molecular weight excluding hydrogens is 262 g/mol. The fraction of sp³-hybridized carbons (Fsp3) is 0.308. The van der Waals surface area contributed by atoms with Crippen molar-refractivity contribution in [2.45, 2.75) is 13.0 Å². The third kappa shape index (κ3) is 7.00. The van der Waals surface area contributed by atoms with Gasteiger partial charge in [0.15, 0.2) is 0 Å². The first-order valence-electron chi connectivity index (χ1n) is 6.07. The van der Waals surface area contributed by atoms with E-state index in [-0.39, 0.29) is 32.0 Å². The van der Waals surface area contributed by atoms with Gasteiger partial charge in [0.25, 0.3) is 0 Å². The van der Waals surface area contributed by atoms with Crippen molar-refractivity contribution < 1.29 is 19.1 Å². The zero-order valence-electron chi connectivity index (χ0n) is 10.9. The lowest BCUT2D eigenvalue weighted by atomic mass is 10.2. The number of nitrogens with two attached hydrogens (primary N) is 1. The summed E-state index contributed by atoms with van der Waals surface area (Å²) in [4.78, 5) is 32.9. The molecule has 1 aromatic rings. The second kappa shape index (κ2) is 8.52. The number of rotatable bonds is 7. The number of carbonyl (C=O) groups is 3. The molecule has 0 aliphatic carbocycles. The van der Waals surface area contributed by atoms with Gasteiger partial charge in [-0.3, -0.25) is 9.59 Å². The fourth-order valence-corrected chi connectivity index (χ4v) is 1.33. The summed E-state index contributed by atoms with van der Waals surface area (Å²) >= 11 is 0. The van der Waals surface area contributed by atoms with Gasteiger partial charge in [0, 0.05) is 13.0 Å². The van der Waals surface area contributed by atoms with Gasteiger partial charge in [-0.2, -0.15) is 0 Å². The third-order valence-electron chi connectivity index (χ3n) is 2.29. The van der Waals surface area contributed by atoms with Gasteiger partial charge in [-0.25, -0.2) is 4.79 Å². The Morgan fingerprint density at radius 1 is 1.10 bits per heavy atom. The molecule has 1 aromatic carbocycles. The highest BCUT2D eigenvalue weighted by atomic mass is 16.5. The van der Waals surface area contributed by atoms with Crippen molar-refractivity contribution >= 4 is 17.9 Å². The molecule has 20 heavy (non-hydrogen) atoms. The number of hydrogen-bond acceptors (Lipinski definition) is 4. The number of benzene rings is 1. The van der Waals surface area contributed by atoms with Gasteiger partial charge in [-0.1, -0.05) is 30.3 Å². The maximum atomic E-state index is 11.3. The van der Waals surface area contributed by atoms with Gasteiger partial charge in [0.05, 0.1) is 6.54 Å². The van der Waals surface area contributed by atoms with Crippen LogP contribution in [-0.4, -0.2) is 31.0 Å². The number of primary amides is 1. The summed E-state index contributed by atoms with van der Waals surface area (Å²) in [6, 6.07) is 9.24. The molecule has 7 nitrogen and oxygen atoms in total. The Morgan fingerprint density at radius 3 is 2.45 bits per heavy atom. The highest BCUT2D eigenvalue weighted by Crippen LogP contribution is 2.00. The molecule has 0 saturated heterocycles. The summed E-state index contributed by atoms with van der Waals surface area (Å²) < 4.78 is 4.95. The standard InChI is InChI=1S/C13H17N3O4/c14-11(17)8-16-12(18)6-7-15-13(19)20-9-10-4-2-1-3-5-10/h1-5H,6-9H2,(H2,14,17)(H,15,19)(H,16,18). The maximum Gasteiger partial charge on any atom is 0.407 e. The van der Waals surface area contributed by atoms with E-state index in [2.05, 4.69) is 10.6 Å². The summed E-state index contributed by atoms with van der Waals surface area (Å²) in [5, 5.41) is 4.74. The highest BCUT2D eigenvalue weighted by molar-refractivity contribution is 5.83. The van der Waals surface area contributed by atoms with Crippen LogP contribution in [0, 0.1) is 0 Å². The van der Waals surface area contributed by atoms with E-state index in [9.17, 15) is 14.4 Å².